The minimum atomic E-state index is -1.24. The minimum Gasteiger partial charge on any atom is -0.477 e. The van der Waals surface area contributed by atoms with Crippen LogP contribution in [0.25, 0.3) is 0 Å². The highest BCUT2D eigenvalue weighted by atomic mass is 32.2. The lowest BCUT2D eigenvalue weighted by Gasteiger charge is -2.49. The molecule has 4 heterocycles. The topological polar surface area (TPSA) is 229 Å². The van der Waals surface area contributed by atoms with Crippen molar-refractivity contribution in [1.29, 1.82) is 0 Å². The van der Waals surface area contributed by atoms with Crippen molar-refractivity contribution in [3.63, 3.8) is 0 Å². The van der Waals surface area contributed by atoms with Crippen molar-refractivity contribution in [1.82, 2.24) is 24.6 Å². The number of β-lactam (4-membered cyclic amide) rings is 1. The van der Waals surface area contributed by atoms with E-state index in [-0.39, 0.29) is 33.9 Å². The summed E-state index contributed by atoms with van der Waals surface area (Å²) in [6.45, 7) is 2.45. The van der Waals surface area contributed by atoms with Gasteiger partial charge in [-0.3, -0.25) is 14.5 Å². The molecule has 0 aromatic carbocycles. The minimum absolute atomic E-state index is 0.0488. The second-order valence-electron chi connectivity index (χ2n) is 7.62. The Kier molecular flexibility index (Phi) is 7.69. The molecule has 2 aliphatic rings. The van der Waals surface area contributed by atoms with E-state index in [1.165, 1.54) is 35.5 Å². The fraction of sp³-hybridized carbons (Fsp3) is 0.368. The maximum absolute atomic E-state index is 13.0. The zero-order valence-electron chi connectivity index (χ0n) is 19.6. The number of carbonyl (C=O) groups excluding carboxylic acids is 2. The molecule has 2 aromatic heterocycles. The second kappa shape index (κ2) is 10.8. The first kappa shape index (κ1) is 26.4. The number of hydrogen-bond donors (Lipinski definition) is 5. The van der Waals surface area contributed by atoms with Crippen LogP contribution >= 0.6 is 35.1 Å². The van der Waals surface area contributed by atoms with E-state index in [4.69, 9.17) is 22.0 Å². The molecule has 1 saturated heterocycles. The first-order valence-corrected chi connectivity index (χ1v) is 13.5. The predicted octanol–water partition coefficient (Wildman–Crippen LogP) is -1.13. The molecular formula is C19H23N10O5S3+. The first-order valence-electron chi connectivity index (χ1n) is 10.7. The summed E-state index contributed by atoms with van der Waals surface area (Å²) >= 11 is 3.48. The molecule has 0 saturated carbocycles. The summed E-state index contributed by atoms with van der Waals surface area (Å²) < 4.78 is 5.70. The predicted molar refractivity (Wildman–Crippen MR) is 137 cm³/mol. The third-order valence-corrected chi connectivity index (χ3v) is 8.29. The lowest BCUT2D eigenvalue weighted by molar-refractivity contribution is -0.719. The van der Waals surface area contributed by atoms with Gasteiger partial charge in [0.2, 0.25) is 23.2 Å². The van der Waals surface area contributed by atoms with Gasteiger partial charge in [-0.25, -0.2) is 9.36 Å². The standard InChI is InChI=1S/C19H22N10O5S3/c1-3-28-9(21)4-8(20)23-19(28)36-6-7-5-35-16-11(15(31)29(16)12(7)17(32)33)24-14(30)10(26-34-2)13-25-18(22)37-27-13/h4,11,16H,3,5-6H2,1-2H3,(H7,20,21,22,24,25,27,30,32,33)/p+1/b26-10-. The largest absolute Gasteiger partial charge is 0.477 e. The number of amides is 2. The van der Waals surface area contributed by atoms with Gasteiger partial charge in [0.25, 0.3) is 11.8 Å². The van der Waals surface area contributed by atoms with Gasteiger partial charge in [0.05, 0.1) is 12.6 Å². The van der Waals surface area contributed by atoms with E-state index in [9.17, 15) is 19.5 Å². The molecule has 18 heteroatoms. The summed E-state index contributed by atoms with van der Waals surface area (Å²) in [7, 11) is 1.25. The van der Waals surface area contributed by atoms with E-state index in [0.717, 1.165) is 11.5 Å². The second-order valence-corrected chi connectivity index (χ2v) is 10.4. The van der Waals surface area contributed by atoms with Crippen LogP contribution in [-0.2, 0) is 25.8 Å². The molecule has 2 amide bonds. The van der Waals surface area contributed by atoms with Gasteiger partial charge in [-0.1, -0.05) is 10.1 Å². The third kappa shape index (κ3) is 5.12. The number of oxime groups is 1. The molecule has 0 aliphatic carbocycles. The number of rotatable bonds is 9. The van der Waals surface area contributed by atoms with Crippen LogP contribution in [0.2, 0.25) is 0 Å². The van der Waals surface area contributed by atoms with Gasteiger partial charge in [0.1, 0.15) is 24.2 Å². The van der Waals surface area contributed by atoms with Gasteiger partial charge in [-0.05, 0) is 24.3 Å². The molecule has 2 unspecified atom stereocenters. The fourth-order valence-corrected chi connectivity index (χ4v) is 6.75. The zero-order chi connectivity index (χ0) is 26.9. The highest BCUT2D eigenvalue weighted by Crippen LogP contribution is 2.41. The van der Waals surface area contributed by atoms with Crippen molar-refractivity contribution in [2.75, 3.05) is 35.8 Å². The van der Waals surface area contributed by atoms with E-state index >= 15 is 0 Å². The van der Waals surface area contributed by atoms with Crippen LogP contribution in [0.1, 0.15) is 12.7 Å². The van der Waals surface area contributed by atoms with Gasteiger partial charge in [-0.15, -0.1) is 11.8 Å². The fourth-order valence-electron chi connectivity index (χ4n) is 3.73. The van der Waals surface area contributed by atoms with Crippen LogP contribution < -0.4 is 27.1 Å². The first-order chi connectivity index (χ1) is 17.7. The average Bonchev–Trinajstić information content (AvgIpc) is 3.28. The maximum Gasteiger partial charge on any atom is 0.352 e. The molecule has 2 atom stereocenters. The van der Waals surface area contributed by atoms with Gasteiger partial charge in [0.15, 0.2) is 5.13 Å². The number of carboxylic acid groups (broad SMARTS) is 1. The molecule has 4 rings (SSSR count). The number of aromatic nitrogens is 4. The summed E-state index contributed by atoms with van der Waals surface area (Å²) in [6.07, 6.45) is 0. The van der Waals surface area contributed by atoms with Crippen molar-refractivity contribution in [3.05, 3.63) is 23.2 Å². The quantitative estimate of drug-likeness (QED) is 0.0604. The number of nitrogens with zero attached hydrogens (tertiary/aromatic N) is 6. The van der Waals surface area contributed by atoms with E-state index in [0.29, 0.717) is 28.8 Å². The number of thioether (sulfide) groups is 2. The Balaban J connectivity index is 1.52. The highest BCUT2D eigenvalue weighted by Gasteiger charge is 2.54. The summed E-state index contributed by atoms with van der Waals surface area (Å²) in [5.74, 6) is -1.36. The lowest BCUT2D eigenvalue weighted by Crippen LogP contribution is -2.71. The van der Waals surface area contributed by atoms with Crippen molar-refractivity contribution < 1.29 is 28.9 Å². The van der Waals surface area contributed by atoms with E-state index in [1.54, 1.807) is 10.6 Å². The highest BCUT2D eigenvalue weighted by molar-refractivity contribution is 8.01. The van der Waals surface area contributed by atoms with E-state index in [2.05, 4.69) is 24.8 Å². The zero-order valence-corrected chi connectivity index (χ0v) is 22.0. The number of carboxylic acids is 1. The molecule has 37 heavy (non-hydrogen) atoms. The number of nitrogens with one attached hydrogen (secondary N) is 1. The molecule has 196 valence electrons. The molecule has 1 fully saturated rings. The number of nitrogens with two attached hydrogens (primary N) is 3. The van der Waals surface area contributed by atoms with Crippen molar-refractivity contribution in [3.8, 4) is 0 Å². The number of nitrogen functional groups attached to an aromatic ring is 3. The maximum atomic E-state index is 13.0. The van der Waals surface area contributed by atoms with E-state index in [1.807, 2.05) is 6.92 Å². The molecular weight excluding hydrogens is 544 g/mol. The molecule has 2 aromatic rings. The summed E-state index contributed by atoms with van der Waals surface area (Å²) in [5, 5.41) is 16.2. The number of fused-ring (bicyclic) bond motifs is 1. The lowest BCUT2D eigenvalue weighted by atomic mass is 10.0. The summed E-state index contributed by atoms with van der Waals surface area (Å²) in [4.78, 5) is 52.1. The average molecular weight is 568 g/mol. The van der Waals surface area contributed by atoms with Gasteiger partial charge in [-0.2, -0.15) is 9.36 Å². The Bertz CT molecular complexity index is 1330. The van der Waals surface area contributed by atoms with E-state index < -0.39 is 29.2 Å². The molecule has 0 bridgehead atoms. The summed E-state index contributed by atoms with van der Waals surface area (Å²) in [6, 6.07) is 0.572. The molecule has 0 radical (unpaired) electrons. The normalized spacial score (nSPS) is 19.4. The Hall–Kier alpha value is -3.64. The van der Waals surface area contributed by atoms with Gasteiger partial charge in [0, 0.05) is 23.0 Å². The van der Waals surface area contributed by atoms with Crippen LogP contribution in [0, 0.1) is 0 Å². The molecule has 0 spiro atoms. The third-order valence-electron chi connectivity index (χ3n) is 5.34. The molecule has 8 N–H and O–H groups in total. The molecule has 15 nitrogen and oxygen atoms in total. The van der Waals surface area contributed by atoms with Crippen molar-refractivity contribution in [2.45, 2.75) is 30.0 Å². The monoisotopic (exact) mass is 567 g/mol. The van der Waals surface area contributed by atoms with Crippen LogP contribution in [0.15, 0.2) is 27.6 Å². The Morgan fingerprint density at radius 2 is 2.14 bits per heavy atom. The van der Waals surface area contributed by atoms with Crippen LogP contribution in [0.5, 0.6) is 0 Å². The smallest absolute Gasteiger partial charge is 0.352 e. The Labute approximate surface area is 222 Å². The SMILES string of the molecule is CC[n+]1c(N)cc(N)nc1SCC1=C(C(=O)O)N2C(=O)C(NC(=O)/C(=N\OC)c3nsc(N)n3)C2SC1. The number of anilines is 3. The van der Waals surface area contributed by atoms with Crippen LogP contribution in [-0.4, -0.2) is 77.9 Å². The number of aliphatic carboxylic acids is 1. The van der Waals surface area contributed by atoms with Crippen LogP contribution in [0.3, 0.4) is 0 Å². The number of carbonyl (C=O) groups is 3. The van der Waals surface area contributed by atoms with Gasteiger partial charge >= 0.3 is 11.1 Å². The summed E-state index contributed by atoms with van der Waals surface area (Å²) in [5.41, 5.74) is 17.6. The van der Waals surface area contributed by atoms with Gasteiger partial charge < -0.3 is 32.5 Å². The number of hydrogen-bond acceptors (Lipinski definition) is 14. The van der Waals surface area contributed by atoms with Crippen molar-refractivity contribution in [2.24, 2.45) is 5.16 Å². The Morgan fingerprint density at radius 3 is 2.76 bits per heavy atom. The van der Waals surface area contributed by atoms with Crippen LogP contribution in [0.4, 0.5) is 16.8 Å². The Morgan fingerprint density at radius 1 is 1.38 bits per heavy atom. The van der Waals surface area contributed by atoms with Crippen molar-refractivity contribution >= 4 is 75.3 Å². The molecule has 2 aliphatic heterocycles.